The molecule has 2 amide bonds. The molecule has 3 aromatic rings. The summed E-state index contributed by atoms with van der Waals surface area (Å²) < 4.78 is 7.12. The van der Waals surface area contributed by atoms with E-state index in [-0.39, 0.29) is 18.2 Å². The number of ether oxygens (including phenoxy) is 1. The van der Waals surface area contributed by atoms with Crippen LogP contribution in [0.2, 0.25) is 10.0 Å². The zero-order valence-corrected chi connectivity index (χ0v) is 25.6. The third-order valence-electron chi connectivity index (χ3n) is 7.09. The van der Waals surface area contributed by atoms with Crippen LogP contribution in [0.3, 0.4) is 0 Å². The number of amides is 2. The van der Waals surface area contributed by atoms with Crippen molar-refractivity contribution in [2.45, 2.75) is 36.7 Å². The van der Waals surface area contributed by atoms with E-state index >= 15 is 0 Å². The molecule has 2 N–H and O–H groups in total. The topological polar surface area (TPSA) is 114 Å². The van der Waals surface area contributed by atoms with Crippen LogP contribution in [0.15, 0.2) is 59.9 Å². The standard InChI is InChI=1S/C30H32Cl2N4O5S/c1-41-23-5-3-4-19(14-23)16-35-17-22(33-18-35)15-24(30(39)40)34-29(38)21-10-12-36(13-11-21)26(37)9-7-20-6-8-25(42-2)28(32)27(20)31/h3-9,14,17-18,21,24H,10-13,15-16H2,1-2H3,(H,34,38)(H,39,40)/b9-7+/t24-/m0/s1. The minimum absolute atomic E-state index is 0.0544. The number of carbonyl (C=O) groups is 3. The molecule has 0 unspecified atom stereocenters. The first-order valence-corrected chi connectivity index (χ1v) is 15.3. The quantitative estimate of drug-likeness (QED) is 0.225. The molecule has 1 aromatic heterocycles. The Morgan fingerprint density at radius 3 is 2.64 bits per heavy atom. The number of benzene rings is 2. The fourth-order valence-electron chi connectivity index (χ4n) is 4.74. The van der Waals surface area contributed by atoms with Crippen molar-refractivity contribution in [3.63, 3.8) is 0 Å². The number of methoxy groups -OCH3 is 1. The number of nitrogens with one attached hydrogen (secondary N) is 1. The van der Waals surface area contributed by atoms with Gasteiger partial charge >= 0.3 is 5.97 Å². The second-order valence-corrected chi connectivity index (χ2v) is 11.5. The largest absolute Gasteiger partial charge is 0.497 e. The Labute approximate surface area is 258 Å². The van der Waals surface area contributed by atoms with Crippen molar-refractivity contribution in [1.29, 1.82) is 0 Å². The smallest absolute Gasteiger partial charge is 0.326 e. The predicted octanol–water partition coefficient (Wildman–Crippen LogP) is 5.03. The van der Waals surface area contributed by atoms with Crippen molar-refractivity contribution in [2.24, 2.45) is 5.92 Å². The van der Waals surface area contributed by atoms with Crippen LogP contribution >= 0.6 is 35.0 Å². The Bertz CT molecular complexity index is 1470. The van der Waals surface area contributed by atoms with Gasteiger partial charge in [-0.2, -0.15) is 0 Å². The number of carbonyl (C=O) groups excluding carboxylic acids is 2. The van der Waals surface area contributed by atoms with Crippen LogP contribution in [-0.4, -0.2) is 69.8 Å². The molecular weight excluding hydrogens is 599 g/mol. The SMILES string of the molecule is COc1cccc(Cn2cnc(C[C@H](NC(=O)C3CCN(C(=O)/C=C/c4ccc(SC)c(Cl)c4Cl)CC3)C(=O)O)c2)c1. The molecule has 1 aliphatic heterocycles. The summed E-state index contributed by atoms with van der Waals surface area (Å²) in [7, 11) is 1.61. The zero-order valence-electron chi connectivity index (χ0n) is 23.3. The van der Waals surface area contributed by atoms with Gasteiger partial charge in [0.25, 0.3) is 0 Å². The first kappa shape index (κ1) is 31.5. The normalized spacial score (nSPS) is 14.6. The molecule has 1 saturated heterocycles. The van der Waals surface area contributed by atoms with E-state index in [1.54, 1.807) is 30.6 Å². The van der Waals surface area contributed by atoms with Crippen LogP contribution in [0.4, 0.5) is 0 Å². The Balaban J connectivity index is 1.28. The average Bonchev–Trinajstić information content (AvgIpc) is 3.43. The lowest BCUT2D eigenvalue weighted by molar-refractivity contribution is -0.142. The van der Waals surface area contributed by atoms with E-state index in [0.29, 0.717) is 53.8 Å². The lowest BCUT2D eigenvalue weighted by Gasteiger charge is -2.31. The lowest BCUT2D eigenvalue weighted by atomic mass is 9.95. The summed E-state index contributed by atoms with van der Waals surface area (Å²) in [4.78, 5) is 44.5. The summed E-state index contributed by atoms with van der Waals surface area (Å²) in [5.74, 6) is -1.30. The maximum absolute atomic E-state index is 13.0. The Hall–Kier alpha value is -3.47. The maximum Gasteiger partial charge on any atom is 0.326 e. The van der Waals surface area contributed by atoms with Crippen molar-refractivity contribution < 1.29 is 24.2 Å². The number of hydrogen-bond acceptors (Lipinski definition) is 6. The van der Waals surface area contributed by atoms with Crippen molar-refractivity contribution in [3.05, 3.63) is 81.9 Å². The highest BCUT2D eigenvalue weighted by molar-refractivity contribution is 7.98. The number of thioether (sulfide) groups is 1. The van der Waals surface area contributed by atoms with Gasteiger partial charge in [-0.05, 0) is 54.5 Å². The summed E-state index contributed by atoms with van der Waals surface area (Å²) in [5.41, 5.74) is 2.22. The van der Waals surface area contributed by atoms with Gasteiger partial charge in [0.05, 0.1) is 29.2 Å². The van der Waals surface area contributed by atoms with Crippen molar-refractivity contribution in [3.8, 4) is 5.75 Å². The van der Waals surface area contributed by atoms with Gasteiger partial charge in [0, 0.05) is 49.1 Å². The predicted molar refractivity (Wildman–Crippen MR) is 164 cm³/mol. The van der Waals surface area contributed by atoms with Crippen LogP contribution in [0, 0.1) is 5.92 Å². The van der Waals surface area contributed by atoms with Crippen LogP contribution < -0.4 is 10.1 Å². The first-order chi connectivity index (χ1) is 20.2. The van der Waals surface area contributed by atoms with Crippen LogP contribution in [0.5, 0.6) is 5.75 Å². The number of aliphatic carboxylic acids is 1. The highest BCUT2D eigenvalue weighted by atomic mass is 35.5. The molecule has 0 aliphatic carbocycles. The molecular formula is C30H32Cl2N4O5S. The van der Waals surface area contributed by atoms with Crippen LogP contribution in [0.25, 0.3) is 6.08 Å². The third kappa shape index (κ3) is 8.08. The van der Waals surface area contributed by atoms with Crippen LogP contribution in [-0.2, 0) is 27.3 Å². The monoisotopic (exact) mass is 630 g/mol. The molecule has 0 spiro atoms. The number of carboxylic acids is 1. The number of carboxylic acid groups (broad SMARTS) is 1. The molecule has 0 radical (unpaired) electrons. The highest BCUT2D eigenvalue weighted by Gasteiger charge is 2.30. The van der Waals surface area contributed by atoms with Crippen molar-refractivity contribution in [2.75, 3.05) is 26.5 Å². The van der Waals surface area contributed by atoms with Gasteiger partial charge in [-0.1, -0.05) is 41.4 Å². The van der Waals surface area contributed by atoms with E-state index in [1.807, 2.05) is 47.2 Å². The number of piperidine rings is 1. The minimum Gasteiger partial charge on any atom is -0.497 e. The summed E-state index contributed by atoms with van der Waals surface area (Å²) in [6.07, 6.45) is 9.32. The number of halogens is 2. The lowest BCUT2D eigenvalue weighted by Crippen LogP contribution is -2.48. The Kier molecular flexibility index (Phi) is 11.0. The van der Waals surface area contributed by atoms with Gasteiger partial charge < -0.3 is 24.6 Å². The number of aromatic nitrogens is 2. The number of rotatable bonds is 11. The zero-order chi connectivity index (χ0) is 30.2. The van der Waals surface area contributed by atoms with Gasteiger partial charge in [-0.25, -0.2) is 9.78 Å². The molecule has 0 saturated carbocycles. The molecule has 12 heteroatoms. The summed E-state index contributed by atoms with van der Waals surface area (Å²) in [6, 6.07) is 10.2. The molecule has 2 aromatic carbocycles. The number of nitrogens with zero attached hydrogens (tertiary/aromatic N) is 3. The van der Waals surface area contributed by atoms with Crippen LogP contribution in [0.1, 0.15) is 29.7 Å². The second-order valence-electron chi connectivity index (χ2n) is 9.91. The summed E-state index contributed by atoms with van der Waals surface area (Å²) in [5, 5.41) is 13.3. The summed E-state index contributed by atoms with van der Waals surface area (Å²) in [6.45, 7) is 1.31. The molecule has 4 rings (SSSR count). The average molecular weight is 632 g/mol. The highest BCUT2D eigenvalue weighted by Crippen LogP contribution is 2.35. The molecule has 1 atom stereocenters. The van der Waals surface area contributed by atoms with Crippen molar-refractivity contribution >= 4 is 58.8 Å². The minimum atomic E-state index is -1.13. The summed E-state index contributed by atoms with van der Waals surface area (Å²) >= 11 is 14.1. The fraction of sp³-hybridized carbons (Fsp3) is 0.333. The molecule has 9 nitrogen and oxygen atoms in total. The van der Waals surface area contributed by atoms with Crippen molar-refractivity contribution in [1.82, 2.24) is 19.8 Å². The Morgan fingerprint density at radius 1 is 1.19 bits per heavy atom. The number of hydrogen-bond donors (Lipinski definition) is 2. The van der Waals surface area contributed by atoms with Gasteiger partial charge in [-0.3, -0.25) is 9.59 Å². The van der Waals surface area contributed by atoms with Gasteiger partial charge in [0.15, 0.2) is 0 Å². The van der Waals surface area contributed by atoms with E-state index in [9.17, 15) is 19.5 Å². The molecule has 222 valence electrons. The number of imidazole rings is 1. The van der Waals surface area contributed by atoms with Gasteiger partial charge in [0.1, 0.15) is 11.8 Å². The first-order valence-electron chi connectivity index (χ1n) is 13.3. The Morgan fingerprint density at radius 2 is 1.95 bits per heavy atom. The van der Waals surface area contributed by atoms with E-state index in [4.69, 9.17) is 27.9 Å². The van der Waals surface area contributed by atoms with Gasteiger partial charge in [-0.15, -0.1) is 11.8 Å². The van der Waals surface area contributed by atoms with Gasteiger partial charge in [0.2, 0.25) is 11.8 Å². The second kappa shape index (κ2) is 14.6. The van der Waals surface area contributed by atoms with E-state index in [1.165, 1.54) is 17.8 Å². The third-order valence-corrected chi connectivity index (χ3v) is 8.88. The molecule has 42 heavy (non-hydrogen) atoms. The van der Waals surface area contributed by atoms with E-state index in [2.05, 4.69) is 10.3 Å². The fourth-order valence-corrected chi connectivity index (χ4v) is 5.91. The van der Waals surface area contributed by atoms with E-state index in [0.717, 1.165) is 16.2 Å². The molecule has 1 aliphatic rings. The number of likely N-dealkylation sites (tertiary alicyclic amines) is 1. The molecule has 2 heterocycles. The molecule has 0 bridgehead atoms. The maximum atomic E-state index is 13.0. The molecule has 1 fully saturated rings. The van der Waals surface area contributed by atoms with E-state index < -0.39 is 17.9 Å².